The molecule has 1 aromatic carbocycles. The van der Waals surface area contributed by atoms with Crippen LogP contribution in [0.1, 0.15) is 5.69 Å². The number of halogens is 3. The number of phenols is 1. The second kappa shape index (κ2) is 5.67. The number of nitrogens with one attached hydrogen (secondary N) is 1. The summed E-state index contributed by atoms with van der Waals surface area (Å²) >= 11 is 6.72. The summed E-state index contributed by atoms with van der Waals surface area (Å²) in [5.74, 6) is -1.01. The number of benzene rings is 1. The fraction of sp³-hybridized carbons (Fsp3) is 0.0833. The van der Waals surface area contributed by atoms with Gasteiger partial charge >= 0.3 is 0 Å². The SMILES string of the molecule is Oc1ccc(NCc2ncc(Br)cc2Br)cc1F. The summed E-state index contributed by atoms with van der Waals surface area (Å²) in [7, 11) is 0. The first-order chi connectivity index (χ1) is 8.56. The maximum atomic E-state index is 13.1. The van der Waals surface area contributed by atoms with Crippen molar-refractivity contribution < 1.29 is 9.50 Å². The lowest BCUT2D eigenvalue weighted by molar-refractivity contribution is 0.432. The number of phenolic OH excluding ortho intramolecular Hbond substituents is 1. The molecule has 0 atom stereocenters. The second-order valence-electron chi connectivity index (χ2n) is 3.60. The fourth-order valence-corrected chi connectivity index (χ4v) is 2.50. The van der Waals surface area contributed by atoms with E-state index in [2.05, 4.69) is 42.2 Å². The highest BCUT2D eigenvalue weighted by atomic mass is 79.9. The van der Waals surface area contributed by atoms with Gasteiger partial charge in [-0.3, -0.25) is 4.98 Å². The minimum atomic E-state index is -0.650. The number of nitrogens with zero attached hydrogens (tertiary/aromatic N) is 1. The predicted molar refractivity (Wildman–Crippen MR) is 75.0 cm³/mol. The smallest absolute Gasteiger partial charge is 0.166 e. The van der Waals surface area contributed by atoms with Crippen LogP contribution in [0, 0.1) is 5.82 Å². The number of rotatable bonds is 3. The van der Waals surface area contributed by atoms with E-state index in [9.17, 15) is 4.39 Å². The molecule has 2 aromatic rings. The third kappa shape index (κ3) is 3.20. The second-order valence-corrected chi connectivity index (χ2v) is 5.37. The molecule has 0 saturated heterocycles. The van der Waals surface area contributed by atoms with E-state index in [0.717, 1.165) is 14.6 Å². The monoisotopic (exact) mass is 374 g/mol. The molecular weight excluding hydrogens is 367 g/mol. The lowest BCUT2D eigenvalue weighted by Gasteiger charge is -2.08. The molecule has 0 fully saturated rings. The minimum Gasteiger partial charge on any atom is -0.505 e. The Morgan fingerprint density at radius 1 is 1.28 bits per heavy atom. The Bertz CT molecular complexity index is 578. The first-order valence-corrected chi connectivity index (χ1v) is 6.67. The van der Waals surface area contributed by atoms with Gasteiger partial charge in [-0.2, -0.15) is 0 Å². The van der Waals surface area contributed by atoms with E-state index < -0.39 is 5.82 Å². The van der Waals surface area contributed by atoms with Crippen LogP contribution >= 0.6 is 31.9 Å². The number of aromatic hydroxyl groups is 1. The van der Waals surface area contributed by atoms with Gasteiger partial charge in [-0.25, -0.2) is 4.39 Å². The van der Waals surface area contributed by atoms with E-state index in [1.807, 2.05) is 6.07 Å². The largest absolute Gasteiger partial charge is 0.505 e. The quantitative estimate of drug-likeness (QED) is 0.795. The molecule has 0 unspecified atom stereocenters. The standard InChI is InChI=1S/C12H9Br2FN2O/c13-7-3-9(14)11(17-5-7)6-16-8-1-2-12(18)10(15)4-8/h1-5,16,18H,6H2. The van der Waals surface area contributed by atoms with Gasteiger partial charge in [-0.05, 0) is 50.1 Å². The van der Waals surface area contributed by atoms with Gasteiger partial charge in [-0.1, -0.05) is 0 Å². The van der Waals surface area contributed by atoms with Crippen molar-refractivity contribution in [2.24, 2.45) is 0 Å². The summed E-state index contributed by atoms with van der Waals surface area (Å²) in [4.78, 5) is 4.23. The summed E-state index contributed by atoms with van der Waals surface area (Å²) in [5, 5.41) is 12.1. The lowest BCUT2D eigenvalue weighted by atomic mass is 10.2. The Balaban J connectivity index is 2.09. The van der Waals surface area contributed by atoms with Gasteiger partial charge in [0.2, 0.25) is 0 Å². The van der Waals surface area contributed by atoms with E-state index in [0.29, 0.717) is 12.2 Å². The van der Waals surface area contributed by atoms with Crippen LogP contribution in [-0.2, 0) is 6.54 Å². The van der Waals surface area contributed by atoms with Crippen molar-refractivity contribution in [3.05, 3.63) is 50.9 Å². The fourth-order valence-electron chi connectivity index (χ4n) is 1.38. The molecule has 0 radical (unpaired) electrons. The van der Waals surface area contributed by atoms with Crippen molar-refractivity contribution in [3.63, 3.8) is 0 Å². The number of hydrogen-bond acceptors (Lipinski definition) is 3. The summed E-state index contributed by atoms with van der Waals surface area (Å²) < 4.78 is 14.9. The predicted octanol–water partition coefficient (Wildman–Crippen LogP) is 4.06. The van der Waals surface area contributed by atoms with Crippen molar-refractivity contribution >= 4 is 37.5 Å². The van der Waals surface area contributed by atoms with Crippen molar-refractivity contribution in [3.8, 4) is 5.75 Å². The van der Waals surface area contributed by atoms with E-state index >= 15 is 0 Å². The molecule has 0 amide bonds. The van der Waals surface area contributed by atoms with E-state index in [4.69, 9.17) is 5.11 Å². The van der Waals surface area contributed by atoms with Crippen molar-refractivity contribution in [2.75, 3.05) is 5.32 Å². The van der Waals surface area contributed by atoms with Gasteiger partial charge in [0, 0.05) is 26.9 Å². The van der Waals surface area contributed by atoms with Crippen LogP contribution in [0.25, 0.3) is 0 Å². The average molecular weight is 376 g/mol. The van der Waals surface area contributed by atoms with Crippen LogP contribution in [0.2, 0.25) is 0 Å². The third-order valence-corrected chi connectivity index (χ3v) is 3.41. The Kier molecular flexibility index (Phi) is 4.19. The molecule has 0 aliphatic carbocycles. The number of anilines is 1. The van der Waals surface area contributed by atoms with Gasteiger partial charge < -0.3 is 10.4 Å². The molecular formula is C12H9Br2FN2O. The zero-order valence-corrected chi connectivity index (χ0v) is 12.3. The Morgan fingerprint density at radius 3 is 2.72 bits per heavy atom. The molecule has 1 heterocycles. The Morgan fingerprint density at radius 2 is 2.06 bits per heavy atom. The van der Waals surface area contributed by atoms with Gasteiger partial charge in [0.05, 0.1) is 12.2 Å². The molecule has 0 aliphatic rings. The molecule has 1 aromatic heterocycles. The lowest BCUT2D eigenvalue weighted by Crippen LogP contribution is -2.02. The van der Waals surface area contributed by atoms with Crippen molar-refractivity contribution in [1.29, 1.82) is 0 Å². The number of pyridine rings is 1. The van der Waals surface area contributed by atoms with Gasteiger partial charge in [0.1, 0.15) is 0 Å². The molecule has 0 bridgehead atoms. The maximum Gasteiger partial charge on any atom is 0.166 e. The molecule has 94 valence electrons. The van der Waals surface area contributed by atoms with Gasteiger partial charge in [0.25, 0.3) is 0 Å². The highest BCUT2D eigenvalue weighted by Crippen LogP contribution is 2.22. The topological polar surface area (TPSA) is 45.1 Å². The van der Waals surface area contributed by atoms with E-state index in [1.165, 1.54) is 12.1 Å². The van der Waals surface area contributed by atoms with Crippen LogP contribution in [0.4, 0.5) is 10.1 Å². The average Bonchev–Trinajstić information content (AvgIpc) is 2.32. The summed E-state index contributed by atoms with van der Waals surface area (Å²) in [6, 6.07) is 6.04. The zero-order valence-electron chi connectivity index (χ0n) is 9.12. The summed E-state index contributed by atoms with van der Waals surface area (Å²) in [6.07, 6.45) is 1.69. The molecule has 0 aliphatic heterocycles. The number of aromatic nitrogens is 1. The Hall–Kier alpha value is -1.14. The van der Waals surface area contributed by atoms with Crippen LogP contribution in [0.3, 0.4) is 0 Å². The molecule has 18 heavy (non-hydrogen) atoms. The maximum absolute atomic E-state index is 13.1. The van der Waals surface area contributed by atoms with Crippen LogP contribution in [0.15, 0.2) is 39.4 Å². The third-order valence-electron chi connectivity index (χ3n) is 2.29. The molecule has 0 spiro atoms. The van der Waals surface area contributed by atoms with Crippen molar-refractivity contribution in [2.45, 2.75) is 6.54 Å². The molecule has 3 nitrogen and oxygen atoms in total. The minimum absolute atomic E-state index is 0.358. The van der Waals surface area contributed by atoms with Crippen molar-refractivity contribution in [1.82, 2.24) is 4.98 Å². The Labute approximate surface area is 120 Å². The normalized spacial score (nSPS) is 10.4. The first kappa shape index (κ1) is 13.3. The molecule has 2 rings (SSSR count). The highest BCUT2D eigenvalue weighted by molar-refractivity contribution is 9.11. The van der Waals surface area contributed by atoms with Crippen LogP contribution in [0.5, 0.6) is 5.75 Å². The van der Waals surface area contributed by atoms with Gasteiger partial charge in [0.15, 0.2) is 11.6 Å². The molecule has 6 heteroatoms. The number of hydrogen-bond donors (Lipinski definition) is 2. The van der Waals surface area contributed by atoms with E-state index in [1.54, 1.807) is 12.3 Å². The zero-order chi connectivity index (χ0) is 13.1. The molecule has 0 saturated carbocycles. The summed E-state index contributed by atoms with van der Waals surface area (Å²) in [6.45, 7) is 0.456. The van der Waals surface area contributed by atoms with Gasteiger partial charge in [-0.15, -0.1) is 0 Å². The highest BCUT2D eigenvalue weighted by Gasteiger charge is 2.04. The van der Waals surface area contributed by atoms with E-state index in [-0.39, 0.29) is 5.75 Å². The van der Waals surface area contributed by atoms with Crippen LogP contribution in [-0.4, -0.2) is 10.1 Å². The first-order valence-electron chi connectivity index (χ1n) is 5.08. The summed E-state index contributed by atoms with van der Waals surface area (Å²) in [5.41, 5.74) is 1.40. The molecule has 2 N–H and O–H groups in total. The van der Waals surface area contributed by atoms with Crippen LogP contribution < -0.4 is 5.32 Å².